The zero-order chi connectivity index (χ0) is 22.3. The standard InChI is InChI=1S/C20H21ClN2O7/c1-4-28-17-9-6-13(10-18(17)29-5-2)20(25)30-12(3)19(24)22-16-11-14(23(26)27)7-8-15(16)21/h6-12H,4-5H2,1-3H3,(H,22,24). The Labute approximate surface area is 178 Å². The molecule has 0 aliphatic rings. The Bertz CT molecular complexity index is 949. The summed E-state index contributed by atoms with van der Waals surface area (Å²) in [4.78, 5) is 35.1. The third-order valence-electron chi connectivity index (χ3n) is 3.85. The van der Waals surface area contributed by atoms with Crippen molar-refractivity contribution in [3.63, 3.8) is 0 Å². The molecule has 1 atom stereocenters. The molecular formula is C20H21ClN2O7. The molecule has 0 fully saturated rings. The van der Waals surface area contributed by atoms with Gasteiger partial charge < -0.3 is 19.5 Å². The predicted molar refractivity (Wildman–Crippen MR) is 110 cm³/mol. The Kier molecular flexibility index (Phi) is 7.99. The molecule has 0 spiro atoms. The van der Waals surface area contributed by atoms with Crippen LogP contribution in [-0.4, -0.2) is 36.1 Å². The highest BCUT2D eigenvalue weighted by Gasteiger charge is 2.22. The van der Waals surface area contributed by atoms with Gasteiger partial charge in [0.2, 0.25) is 0 Å². The Morgan fingerprint density at radius 3 is 2.40 bits per heavy atom. The van der Waals surface area contributed by atoms with Gasteiger partial charge in [0.1, 0.15) is 0 Å². The van der Waals surface area contributed by atoms with Crippen molar-refractivity contribution >= 4 is 34.9 Å². The summed E-state index contributed by atoms with van der Waals surface area (Å²) in [5, 5.41) is 13.4. The molecule has 1 N–H and O–H groups in total. The van der Waals surface area contributed by atoms with Crippen LogP contribution in [-0.2, 0) is 9.53 Å². The maximum Gasteiger partial charge on any atom is 0.339 e. The minimum Gasteiger partial charge on any atom is -0.490 e. The van der Waals surface area contributed by atoms with Crippen LogP contribution in [0.5, 0.6) is 11.5 Å². The molecule has 2 rings (SSSR count). The first kappa shape index (κ1) is 23.0. The average Bonchev–Trinajstić information content (AvgIpc) is 2.70. The average molecular weight is 437 g/mol. The van der Waals surface area contributed by atoms with Gasteiger partial charge in [0.15, 0.2) is 17.6 Å². The summed E-state index contributed by atoms with van der Waals surface area (Å²) < 4.78 is 16.1. The van der Waals surface area contributed by atoms with Gasteiger partial charge in [0.25, 0.3) is 11.6 Å². The highest BCUT2D eigenvalue weighted by Crippen LogP contribution is 2.29. The number of esters is 1. The molecule has 9 nitrogen and oxygen atoms in total. The number of halogens is 1. The quantitative estimate of drug-likeness (QED) is 0.355. The van der Waals surface area contributed by atoms with Crippen LogP contribution in [0.15, 0.2) is 36.4 Å². The van der Waals surface area contributed by atoms with E-state index in [4.69, 9.17) is 25.8 Å². The van der Waals surface area contributed by atoms with Crippen LogP contribution in [0, 0.1) is 10.1 Å². The minimum atomic E-state index is -1.19. The number of carbonyl (C=O) groups is 2. The van der Waals surface area contributed by atoms with E-state index in [-0.39, 0.29) is 22.0 Å². The smallest absolute Gasteiger partial charge is 0.339 e. The number of ether oxygens (including phenoxy) is 3. The Hall–Kier alpha value is -3.33. The predicted octanol–water partition coefficient (Wildman–Crippen LogP) is 4.23. The first-order chi connectivity index (χ1) is 14.3. The van der Waals surface area contributed by atoms with Crippen molar-refractivity contribution < 1.29 is 28.7 Å². The number of carbonyl (C=O) groups excluding carboxylic acids is 2. The largest absolute Gasteiger partial charge is 0.490 e. The molecule has 160 valence electrons. The number of nitrogens with zero attached hydrogens (tertiary/aromatic N) is 1. The van der Waals surface area contributed by atoms with Crippen LogP contribution in [0.1, 0.15) is 31.1 Å². The summed E-state index contributed by atoms with van der Waals surface area (Å²) in [5.41, 5.74) is -0.0226. The monoisotopic (exact) mass is 436 g/mol. The van der Waals surface area contributed by atoms with E-state index in [0.717, 1.165) is 6.07 Å². The zero-order valence-electron chi connectivity index (χ0n) is 16.6. The minimum absolute atomic E-state index is 0.0402. The van der Waals surface area contributed by atoms with E-state index in [1.807, 2.05) is 6.92 Å². The summed E-state index contributed by atoms with van der Waals surface area (Å²) >= 11 is 5.97. The lowest BCUT2D eigenvalue weighted by molar-refractivity contribution is -0.384. The Balaban J connectivity index is 2.10. The molecule has 0 saturated carbocycles. The SMILES string of the molecule is CCOc1ccc(C(=O)OC(C)C(=O)Nc2cc([N+](=O)[O-])ccc2Cl)cc1OCC. The van der Waals surface area contributed by atoms with Gasteiger partial charge >= 0.3 is 5.97 Å². The molecule has 2 aromatic carbocycles. The lowest BCUT2D eigenvalue weighted by Crippen LogP contribution is -2.30. The Morgan fingerprint density at radius 1 is 1.10 bits per heavy atom. The number of nitro groups is 1. The van der Waals surface area contributed by atoms with E-state index >= 15 is 0 Å². The number of hydrogen-bond donors (Lipinski definition) is 1. The van der Waals surface area contributed by atoms with Crippen molar-refractivity contribution in [3.8, 4) is 11.5 Å². The summed E-state index contributed by atoms with van der Waals surface area (Å²) in [6.45, 7) is 5.80. The van der Waals surface area contributed by atoms with Crippen molar-refractivity contribution in [2.45, 2.75) is 26.9 Å². The van der Waals surface area contributed by atoms with E-state index in [1.165, 1.54) is 31.2 Å². The fourth-order valence-electron chi connectivity index (χ4n) is 2.42. The van der Waals surface area contributed by atoms with Crippen molar-refractivity contribution in [2.75, 3.05) is 18.5 Å². The van der Waals surface area contributed by atoms with Crippen LogP contribution in [0.3, 0.4) is 0 Å². The Morgan fingerprint density at radius 2 is 1.77 bits per heavy atom. The second-order valence-electron chi connectivity index (χ2n) is 5.99. The van der Waals surface area contributed by atoms with E-state index in [1.54, 1.807) is 13.0 Å². The molecule has 0 aliphatic heterocycles. The molecule has 10 heteroatoms. The second kappa shape index (κ2) is 10.4. The number of rotatable bonds is 9. The maximum atomic E-state index is 12.4. The van der Waals surface area contributed by atoms with Crippen LogP contribution >= 0.6 is 11.6 Å². The molecule has 0 saturated heterocycles. The zero-order valence-corrected chi connectivity index (χ0v) is 17.4. The van der Waals surface area contributed by atoms with Crippen molar-refractivity contribution in [1.82, 2.24) is 0 Å². The normalized spacial score (nSPS) is 11.3. The van der Waals surface area contributed by atoms with E-state index in [9.17, 15) is 19.7 Å². The summed E-state index contributed by atoms with van der Waals surface area (Å²) in [6.07, 6.45) is -1.19. The van der Waals surface area contributed by atoms with Gasteiger partial charge in [-0.2, -0.15) is 0 Å². The van der Waals surface area contributed by atoms with Gasteiger partial charge in [-0.1, -0.05) is 11.6 Å². The lowest BCUT2D eigenvalue weighted by atomic mass is 10.2. The topological polar surface area (TPSA) is 117 Å². The lowest BCUT2D eigenvalue weighted by Gasteiger charge is -2.15. The molecule has 0 aromatic heterocycles. The van der Waals surface area contributed by atoms with E-state index in [2.05, 4.69) is 5.32 Å². The summed E-state index contributed by atoms with van der Waals surface area (Å²) in [7, 11) is 0. The highest BCUT2D eigenvalue weighted by molar-refractivity contribution is 6.33. The van der Waals surface area contributed by atoms with Crippen molar-refractivity contribution in [2.24, 2.45) is 0 Å². The van der Waals surface area contributed by atoms with Crippen molar-refractivity contribution in [1.29, 1.82) is 0 Å². The molecule has 0 radical (unpaired) electrons. The number of nitrogens with one attached hydrogen (secondary N) is 1. The molecule has 30 heavy (non-hydrogen) atoms. The van der Waals surface area contributed by atoms with Crippen LogP contribution < -0.4 is 14.8 Å². The van der Waals surface area contributed by atoms with E-state index < -0.39 is 22.9 Å². The van der Waals surface area contributed by atoms with Crippen LogP contribution in [0.4, 0.5) is 11.4 Å². The molecule has 1 unspecified atom stereocenters. The molecule has 2 aromatic rings. The van der Waals surface area contributed by atoms with Crippen LogP contribution in [0.25, 0.3) is 0 Å². The van der Waals surface area contributed by atoms with Gasteiger partial charge in [-0.25, -0.2) is 4.79 Å². The van der Waals surface area contributed by atoms with Gasteiger partial charge in [-0.15, -0.1) is 0 Å². The number of nitro benzene ring substituents is 1. The third kappa shape index (κ3) is 5.84. The fraction of sp³-hybridized carbons (Fsp3) is 0.300. The van der Waals surface area contributed by atoms with Gasteiger partial charge in [-0.05, 0) is 45.0 Å². The second-order valence-corrected chi connectivity index (χ2v) is 6.39. The van der Waals surface area contributed by atoms with Gasteiger partial charge in [0, 0.05) is 12.1 Å². The first-order valence-electron chi connectivity index (χ1n) is 9.12. The molecule has 0 bridgehead atoms. The number of non-ortho nitro benzene ring substituents is 1. The number of benzene rings is 2. The van der Waals surface area contributed by atoms with Gasteiger partial charge in [0.05, 0.1) is 34.4 Å². The molecule has 1 amide bonds. The maximum absolute atomic E-state index is 12.4. The van der Waals surface area contributed by atoms with E-state index in [0.29, 0.717) is 24.7 Å². The molecule has 0 aliphatic carbocycles. The fourth-order valence-corrected chi connectivity index (χ4v) is 2.58. The third-order valence-corrected chi connectivity index (χ3v) is 4.18. The van der Waals surface area contributed by atoms with Gasteiger partial charge in [-0.3, -0.25) is 14.9 Å². The first-order valence-corrected chi connectivity index (χ1v) is 9.50. The number of hydrogen-bond acceptors (Lipinski definition) is 7. The number of anilines is 1. The van der Waals surface area contributed by atoms with Crippen molar-refractivity contribution in [3.05, 3.63) is 57.1 Å². The molecular weight excluding hydrogens is 416 g/mol. The van der Waals surface area contributed by atoms with Crippen LogP contribution in [0.2, 0.25) is 5.02 Å². The number of amides is 1. The molecule has 0 heterocycles. The summed E-state index contributed by atoms with van der Waals surface area (Å²) in [5.74, 6) is -0.565. The summed E-state index contributed by atoms with van der Waals surface area (Å²) in [6, 6.07) is 8.18. The highest BCUT2D eigenvalue weighted by atomic mass is 35.5.